The van der Waals surface area contributed by atoms with Gasteiger partial charge in [-0.05, 0) is 50.9 Å². The van der Waals surface area contributed by atoms with E-state index in [0.717, 1.165) is 18.4 Å². The highest BCUT2D eigenvalue weighted by Crippen LogP contribution is 2.52. The highest BCUT2D eigenvalue weighted by atomic mass is 16.5. The minimum Gasteiger partial charge on any atom is -0.508 e. The summed E-state index contributed by atoms with van der Waals surface area (Å²) in [6.45, 7) is 2.47. The van der Waals surface area contributed by atoms with Crippen molar-refractivity contribution in [3.63, 3.8) is 0 Å². The Morgan fingerprint density at radius 1 is 1.26 bits per heavy atom. The van der Waals surface area contributed by atoms with Crippen LogP contribution >= 0.6 is 0 Å². The summed E-state index contributed by atoms with van der Waals surface area (Å²) in [7, 11) is 3.18. The van der Waals surface area contributed by atoms with Gasteiger partial charge >= 0.3 is 0 Å². The topological polar surface area (TPSA) is 150 Å². The standard InChI is InChI=1S/C25H30N2O7/c1-4-5-9-34-15-8-6-7-12-10-13-11-14-19(27(2)3)21(29)18(24(26)32)23(31)25(14,33)22(30)17(13)20(28)16(12)15/h6-8,13-14,19,28,31,33H,4-5,9-11H2,1-3H3,(H2,26,32)/t13-,14-,19+,25+/m1/s1. The van der Waals surface area contributed by atoms with E-state index >= 15 is 0 Å². The zero-order valence-electron chi connectivity index (χ0n) is 19.5. The van der Waals surface area contributed by atoms with E-state index < -0.39 is 52.3 Å². The summed E-state index contributed by atoms with van der Waals surface area (Å²) in [6.07, 6.45) is 2.27. The number of unbranched alkanes of at least 4 members (excludes halogenated alkanes) is 1. The molecule has 0 saturated heterocycles. The van der Waals surface area contributed by atoms with Gasteiger partial charge in [0.1, 0.15) is 22.8 Å². The quantitative estimate of drug-likeness (QED) is 0.360. The van der Waals surface area contributed by atoms with Gasteiger partial charge in [-0.25, -0.2) is 0 Å². The van der Waals surface area contributed by atoms with E-state index in [-0.39, 0.29) is 17.8 Å². The van der Waals surface area contributed by atoms with Crippen molar-refractivity contribution in [2.24, 2.45) is 17.6 Å². The van der Waals surface area contributed by atoms with Crippen LogP contribution < -0.4 is 10.5 Å². The van der Waals surface area contributed by atoms with Crippen LogP contribution in [0.1, 0.15) is 37.3 Å². The van der Waals surface area contributed by atoms with Crippen LogP contribution in [-0.4, -0.2) is 70.0 Å². The number of carbonyl (C=O) groups is 3. The Morgan fingerprint density at radius 2 is 1.97 bits per heavy atom. The summed E-state index contributed by atoms with van der Waals surface area (Å²) in [5, 5.41) is 33.7. The first-order chi connectivity index (χ1) is 16.0. The Hall–Kier alpha value is -3.17. The van der Waals surface area contributed by atoms with Crippen LogP contribution in [0.2, 0.25) is 0 Å². The lowest BCUT2D eigenvalue weighted by atomic mass is 9.57. The van der Waals surface area contributed by atoms with Crippen molar-refractivity contribution in [1.82, 2.24) is 4.90 Å². The number of benzene rings is 1. The van der Waals surface area contributed by atoms with Crippen molar-refractivity contribution in [3.05, 3.63) is 46.2 Å². The summed E-state index contributed by atoms with van der Waals surface area (Å²) in [6, 6.07) is 4.32. The Labute approximate surface area is 197 Å². The molecule has 1 aromatic rings. The van der Waals surface area contributed by atoms with Gasteiger partial charge in [-0.1, -0.05) is 25.5 Å². The van der Waals surface area contributed by atoms with Gasteiger partial charge in [0.25, 0.3) is 5.91 Å². The number of aliphatic hydroxyl groups is 3. The predicted molar refractivity (Wildman–Crippen MR) is 123 cm³/mol. The number of nitrogens with two attached hydrogens (primary N) is 1. The van der Waals surface area contributed by atoms with E-state index in [4.69, 9.17) is 10.5 Å². The van der Waals surface area contributed by atoms with Crippen molar-refractivity contribution in [2.75, 3.05) is 20.7 Å². The maximum Gasteiger partial charge on any atom is 0.255 e. The molecule has 9 heteroatoms. The lowest BCUT2D eigenvalue weighted by molar-refractivity contribution is -0.153. The van der Waals surface area contributed by atoms with Crippen LogP contribution in [0.4, 0.5) is 0 Å². The molecule has 1 saturated carbocycles. The number of amides is 1. The minimum atomic E-state index is -2.57. The number of primary amides is 1. The third-order valence-electron chi connectivity index (χ3n) is 7.20. The van der Waals surface area contributed by atoms with E-state index in [2.05, 4.69) is 0 Å². The predicted octanol–water partition coefficient (Wildman–Crippen LogP) is 1.44. The molecule has 3 aliphatic carbocycles. The first kappa shape index (κ1) is 24.0. The zero-order valence-corrected chi connectivity index (χ0v) is 19.5. The van der Waals surface area contributed by atoms with Crippen LogP contribution in [0.15, 0.2) is 35.1 Å². The van der Waals surface area contributed by atoms with Crippen LogP contribution in [0, 0.1) is 11.8 Å². The number of nitrogens with zero attached hydrogens (tertiary/aromatic N) is 1. The zero-order chi connectivity index (χ0) is 24.9. The smallest absolute Gasteiger partial charge is 0.255 e. The fraction of sp³-hybridized carbons (Fsp3) is 0.480. The third kappa shape index (κ3) is 3.33. The molecule has 0 spiro atoms. The monoisotopic (exact) mass is 470 g/mol. The molecule has 5 N–H and O–H groups in total. The molecule has 0 bridgehead atoms. The number of likely N-dealkylation sites (N-methyl/N-ethyl adjacent to an activating group) is 1. The number of Topliss-reactive ketones (excluding diaryl/α,β-unsaturated/α-hetero) is 2. The highest BCUT2D eigenvalue weighted by molar-refractivity contribution is 6.24. The van der Waals surface area contributed by atoms with Crippen molar-refractivity contribution >= 4 is 23.2 Å². The molecule has 34 heavy (non-hydrogen) atoms. The van der Waals surface area contributed by atoms with Gasteiger partial charge < -0.3 is 25.8 Å². The number of hydrogen-bond acceptors (Lipinski definition) is 8. The van der Waals surface area contributed by atoms with Crippen LogP contribution in [0.3, 0.4) is 0 Å². The lowest BCUT2D eigenvalue weighted by Gasteiger charge is -2.50. The summed E-state index contributed by atoms with van der Waals surface area (Å²) >= 11 is 0. The molecule has 1 aromatic carbocycles. The van der Waals surface area contributed by atoms with Gasteiger partial charge in [0.2, 0.25) is 5.78 Å². The molecule has 0 unspecified atom stereocenters. The lowest BCUT2D eigenvalue weighted by Crippen LogP contribution is -2.65. The summed E-state index contributed by atoms with van der Waals surface area (Å²) in [4.78, 5) is 40.3. The first-order valence-corrected chi connectivity index (χ1v) is 11.4. The maximum absolute atomic E-state index is 13.8. The normalized spacial score (nSPS) is 28.6. The average Bonchev–Trinajstić information content (AvgIpc) is 2.76. The van der Waals surface area contributed by atoms with Crippen LogP contribution in [-0.2, 0) is 20.8 Å². The number of hydrogen-bond donors (Lipinski definition) is 4. The number of carbonyl (C=O) groups excluding carboxylic acids is 3. The Bertz CT molecular complexity index is 1140. The molecular weight excluding hydrogens is 440 g/mol. The number of fused-ring (bicyclic) bond motifs is 3. The molecule has 3 aliphatic rings. The minimum absolute atomic E-state index is 0.0417. The highest BCUT2D eigenvalue weighted by Gasteiger charge is 2.64. The van der Waals surface area contributed by atoms with Crippen molar-refractivity contribution in [1.29, 1.82) is 0 Å². The summed E-state index contributed by atoms with van der Waals surface area (Å²) in [5.41, 5.74) is 3.12. The molecular formula is C25H30N2O7. The van der Waals surface area contributed by atoms with Crippen molar-refractivity contribution in [3.8, 4) is 5.75 Å². The average molecular weight is 471 g/mol. The molecule has 1 fully saturated rings. The van der Waals surface area contributed by atoms with Gasteiger partial charge in [-0.3, -0.25) is 19.3 Å². The maximum atomic E-state index is 13.8. The van der Waals surface area contributed by atoms with Gasteiger partial charge in [-0.15, -0.1) is 0 Å². The second kappa shape index (κ2) is 8.56. The SMILES string of the molecule is CCCCOc1cccc2c1C(O)=C1C(=O)[C@]3(O)C(O)=C(C(N)=O)C(=O)[C@@H](N(C)C)[C@H]3C[C@H]1C2. The summed E-state index contributed by atoms with van der Waals surface area (Å²) in [5.74, 6) is -5.36. The number of ether oxygens (including phenoxy) is 1. The summed E-state index contributed by atoms with van der Waals surface area (Å²) < 4.78 is 5.86. The molecule has 4 rings (SSSR count). The van der Waals surface area contributed by atoms with E-state index in [1.54, 1.807) is 20.2 Å². The third-order valence-corrected chi connectivity index (χ3v) is 7.20. The Balaban J connectivity index is 1.89. The molecule has 0 radical (unpaired) electrons. The molecule has 0 aliphatic heterocycles. The fourth-order valence-corrected chi connectivity index (χ4v) is 5.61. The Morgan fingerprint density at radius 3 is 2.59 bits per heavy atom. The van der Waals surface area contributed by atoms with Gasteiger partial charge in [0.05, 0.1) is 18.2 Å². The van der Waals surface area contributed by atoms with E-state index in [0.29, 0.717) is 24.3 Å². The van der Waals surface area contributed by atoms with Crippen LogP contribution in [0.5, 0.6) is 5.75 Å². The number of aliphatic hydroxyl groups excluding tert-OH is 2. The van der Waals surface area contributed by atoms with E-state index in [9.17, 15) is 29.7 Å². The van der Waals surface area contributed by atoms with Gasteiger partial charge in [-0.2, -0.15) is 0 Å². The molecule has 0 heterocycles. The largest absolute Gasteiger partial charge is 0.508 e. The van der Waals surface area contributed by atoms with E-state index in [1.165, 1.54) is 4.90 Å². The molecule has 1 amide bonds. The molecule has 182 valence electrons. The number of rotatable bonds is 6. The second-order valence-electron chi connectivity index (χ2n) is 9.45. The van der Waals surface area contributed by atoms with Gasteiger partial charge in [0.15, 0.2) is 11.4 Å². The molecule has 4 atom stereocenters. The van der Waals surface area contributed by atoms with Crippen molar-refractivity contribution < 1.29 is 34.4 Å². The molecule has 0 aromatic heterocycles. The first-order valence-electron chi connectivity index (χ1n) is 11.4. The number of ketones is 2. The Kier molecular flexibility index (Phi) is 6.03. The van der Waals surface area contributed by atoms with E-state index in [1.807, 2.05) is 19.1 Å². The van der Waals surface area contributed by atoms with Crippen LogP contribution in [0.25, 0.3) is 5.76 Å². The second-order valence-corrected chi connectivity index (χ2v) is 9.45. The van der Waals surface area contributed by atoms with Gasteiger partial charge in [0, 0.05) is 11.5 Å². The fourth-order valence-electron chi connectivity index (χ4n) is 5.61. The van der Waals surface area contributed by atoms with Crippen molar-refractivity contribution in [2.45, 2.75) is 44.2 Å². The molecule has 9 nitrogen and oxygen atoms in total.